The number of rotatable bonds is 4. The third-order valence-electron chi connectivity index (χ3n) is 6.28. The highest BCUT2D eigenvalue weighted by Gasteiger charge is 2.52. The van der Waals surface area contributed by atoms with Crippen LogP contribution in [0.15, 0.2) is 29.7 Å². The molecule has 2 fully saturated rings. The molecule has 7 nitrogen and oxygen atoms in total. The maximum atomic E-state index is 12.3. The summed E-state index contributed by atoms with van der Waals surface area (Å²) in [5.74, 6) is 0. The second kappa shape index (κ2) is 9.08. The van der Waals surface area contributed by atoms with Crippen molar-refractivity contribution in [2.24, 2.45) is 0 Å². The lowest BCUT2D eigenvalue weighted by Crippen LogP contribution is -2.50. The third-order valence-corrected chi connectivity index (χ3v) is 6.28. The van der Waals surface area contributed by atoms with E-state index < -0.39 is 23.9 Å². The topological polar surface area (TPSA) is 71.5 Å². The van der Waals surface area contributed by atoms with Gasteiger partial charge in [0, 0.05) is 31.9 Å². The fourth-order valence-corrected chi connectivity index (χ4v) is 3.65. The predicted molar refractivity (Wildman–Crippen MR) is 128 cm³/mol. The third kappa shape index (κ3) is 5.66. The lowest BCUT2D eigenvalue weighted by atomic mass is 9.77. The van der Waals surface area contributed by atoms with E-state index in [1.165, 1.54) is 0 Å². The molecule has 32 heavy (non-hydrogen) atoms. The maximum absolute atomic E-state index is 12.3. The molecule has 2 heterocycles. The molecule has 0 saturated carbocycles. The molecule has 2 aliphatic heterocycles. The van der Waals surface area contributed by atoms with Gasteiger partial charge in [-0.2, -0.15) is 0 Å². The zero-order valence-electron chi connectivity index (χ0n) is 20.5. The van der Waals surface area contributed by atoms with Crippen LogP contribution in [-0.4, -0.2) is 72.8 Å². The van der Waals surface area contributed by atoms with Gasteiger partial charge in [-0.05, 0) is 71.6 Å². The minimum Gasteiger partial charge on any atom is -0.444 e. The number of benzene rings is 1. The molecule has 1 aromatic carbocycles. The Morgan fingerprint density at radius 1 is 1.06 bits per heavy atom. The quantitative estimate of drug-likeness (QED) is 0.714. The number of carbonyl (C=O) groups is 1. The van der Waals surface area contributed by atoms with Gasteiger partial charge in [-0.1, -0.05) is 18.2 Å². The number of aliphatic hydroxyl groups is 1. The molecule has 0 aliphatic carbocycles. The van der Waals surface area contributed by atoms with E-state index in [9.17, 15) is 9.90 Å². The number of piperazine rings is 1. The minimum atomic E-state index is -0.564. The fourth-order valence-electron chi connectivity index (χ4n) is 3.65. The number of ether oxygens (including phenoxy) is 1. The average molecular weight is 444 g/mol. The van der Waals surface area contributed by atoms with Crippen molar-refractivity contribution in [3.05, 3.63) is 35.3 Å². The molecule has 2 aliphatic rings. The first-order valence-electron chi connectivity index (χ1n) is 11.3. The Morgan fingerprint density at radius 3 is 2.06 bits per heavy atom. The highest BCUT2D eigenvalue weighted by molar-refractivity contribution is 6.55. The second-order valence-electron chi connectivity index (χ2n) is 10.5. The van der Waals surface area contributed by atoms with E-state index >= 15 is 0 Å². The van der Waals surface area contributed by atoms with Crippen LogP contribution in [0.4, 0.5) is 10.5 Å². The molecule has 0 aromatic heterocycles. The van der Waals surface area contributed by atoms with E-state index in [1.807, 2.05) is 66.7 Å². The molecule has 1 N–H and O–H groups in total. The fraction of sp³-hybridized carbons (Fsp3) is 0.625. The van der Waals surface area contributed by atoms with Gasteiger partial charge in [0.1, 0.15) is 5.60 Å². The Labute approximate surface area is 192 Å². The minimum absolute atomic E-state index is 0.134. The van der Waals surface area contributed by atoms with E-state index in [4.69, 9.17) is 14.0 Å². The van der Waals surface area contributed by atoms with Gasteiger partial charge < -0.3 is 29.0 Å². The molecule has 0 unspecified atom stereocenters. The summed E-state index contributed by atoms with van der Waals surface area (Å²) in [5.41, 5.74) is 1.40. The molecule has 176 valence electrons. The van der Waals surface area contributed by atoms with Crippen LogP contribution < -0.4 is 4.90 Å². The van der Waals surface area contributed by atoms with Crippen LogP contribution in [0.1, 0.15) is 54.0 Å². The molecule has 3 rings (SSSR count). The molecule has 0 radical (unpaired) electrons. The number of hydrogen-bond acceptors (Lipinski definition) is 6. The monoisotopic (exact) mass is 444 g/mol. The van der Waals surface area contributed by atoms with E-state index in [2.05, 4.69) is 17.0 Å². The zero-order valence-corrected chi connectivity index (χ0v) is 20.5. The van der Waals surface area contributed by atoms with Crippen LogP contribution in [0.2, 0.25) is 0 Å². The molecule has 1 amide bonds. The van der Waals surface area contributed by atoms with Gasteiger partial charge in [0.15, 0.2) is 0 Å². The van der Waals surface area contributed by atoms with Crippen LogP contribution in [-0.2, 0) is 14.0 Å². The number of carbonyl (C=O) groups excluding carboxylic acids is 1. The van der Waals surface area contributed by atoms with Crippen molar-refractivity contribution >= 4 is 25.0 Å². The maximum Gasteiger partial charge on any atom is 0.492 e. The van der Waals surface area contributed by atoms with Gasteiger partial charge in [0.25, 0.3) is 0 Å². The van der Waals surface area contributed by atoms with Gasteiger partial charge in [0.05, 0.1) is 17.8 Å². The standard InChI is InChI=1S/C24H37BN2O5/c1-22(2,3)30-21(29)27-14-12-26(13-15-27)20-10-8-18(9-11-20)16-19(17-28)25-31-23(4,5)24(6,7)32-25/h8-11,16,28H,12-15,17H2,1-7H3. The Hall–Kier alpha value is -2.03. The van der Waals surface area contributed by atoms with Gasteiger partial charge in [-0.15, -0.1) is 0 Å². The van der Waals surface area contributed by atoms with Crippen LogP contribution in [0.5, 0.6) is 0 Å². The van der Waals surface area contributed by atoms with E-state index in [0.717, 1.165) is 24.3 Å². The van der Waals surface area contributed by atoms with Gasteiger partial charge in [0.2, 0.25) is 0 Å². The van der Waals surface area contributed by atoms with Gasteiger partial charge in [-0.25, -0.2) is 4.79 Å². The summed E-state index contributed by atoms with van der Waals surface area (Å²) >= 11 is 0. The highest BCUT2D eigenvalue weighted by atomic mass is 16.7. The summed E-state index contributed by atoms with van der Waals surface area (Å²) in [5, 5.41) is 9.91. The average Bonchev–Trinajstić information content (AvgIpc) is 2.92. The molecule has 0 spiro atoms. The second-order valence-corrected chi connectivity index (χ2v) is 10.5. The Bertz CT molecular complexity index is 821. The largest absolute Gasteiger partial charge is 0.492 e. The normalized spacial score (nSPS) is 21.1. The SMILES string of the molecule is CC(C)(C)OC(=O)N1CCN(c2ccc(C=C(CO)B3OC(C)(C)C(C)(C)O3)cc2)CC1. The summed E-state index contributed by atoms with van der Waals surface area (Å²) in [7, 11) is -0.564. The Balaban J connectivity index is 1.61. The first kappa shape index (κ1) is 24.6. The van der Waals surface area contributed by atoms with Crippen molar-refractivity contribution in [3.8, 4) is 0 Å². The van der Waals surface area contributed by atoms with Crippen LogP contribution in [0.25, 0.3) is 6.08 Å². The van der Waals surface area contributed by atoms with Crippen LogP contribution in [0.3, 0.4) is 0 Å². The van der Waals surface area contributed by atoms with E-state index in [0.29, 0.717) is 18.6 Å². The van der Waals surface area contributed by atoms with Crippen molar-refractivity contribution in [1.82, 2.24) is 4.90 Å². The first-order valence-corrected chi connectivity index (χ1v) is 11.3. The lowest BCUT2D eigenvalue weighted by Gasteiger charge is -2.36. The van der Waals surface area contributed by atoms with Crippen molar-refractivity contribution < 1.29 is 23.9 Å². The number of nitrogens with zero attached hydrogens (tertiary/aromatic N) is 2. The Morgan fingerprint density at radius 2 is 1.59 bits per heavy atom. The molecular weight excluding hydrogens is 407 g/mol. The molecular formula is C24H37BN2O5. The van der Waals surface area contributed by atoms with Gasteiger partial charge in [-0.3, -0.25) is 0 Å². The Kier molecular flexibility index (Phi) is 6.98. The molecule has 8 heteroatoms. The zero-order chi connectivity index (χ0) is 23.7. The van der Waals surface area contributed by atoms with Crippen LogP contribution in [0, 0.1) is 0 Å². The number of hydrogen-bond donors (Lipinski definition) is 1. The van der Waals surface area contributed by atoms with E-state index in [1.54, 1.807) is 4.90 Å². The van der Waals surface area contributed by atoms with Gasteiger partial charge >= 0.3 is 13.2 Å². The lowest BCUT2D eigenvalue weighted by molar-refractivity contribution is 0.00578. The summed E-state index contributed by atoms with van der Waals surface area (Å²) < 4.78 is 17.6. The molecule has 1 aromatic rings. The molecule has 0 bridgehead atoms. The van der Waals surface area contributed by atoms with Crippen molar-refractivity contribution in [3.63, 3.8) is 0 Å². The summed E-state index contributed by atoms with van der Waals surface area (Å²) in [4.78, 5) is 16.3. The summed E-state index contributed by atoms with van der Waals surface area (Å²) in [6.45, 7) is 16.3. The molecule has 2 saturated heterocycles. The number of anilines is 1. The number of aliphatic hydroxyl groups excluding tert-OH is 1. The highest BCUT2D eigenvalue weighted by Crippen LogP contribution is 2.38. The van der Waals surface area contributed by atoms with Crippen molar-refractivity contribution in [2.75, 3.05) is 37.7 Å². The van der Waals surface area contributed by atoms with Crippen molar-refractivity contribution in [1.29, 1.82) is 0 Å². The summed E-state index contributed by atoms with van der Waals surface area (Å²) in [6.07, 6.45) is 1.67. The number of amides is 1. The van der Waals surface area contributed by atoms with E-state index in [-0.39, 0.29) is 12.7 Å². The molecule has 0 atom stereocenters. The van der Waals surface area contributed by atoms with Crippen LogP contribution >= 0.6 is 0 Å². The summed E-state index contributed by atoms with van der Waals surface area (Å²) in [6, 6.07) is 8.18. The smallest absolute Gasteiger partial charge is 0.444 e. The first-order chi connectivity index (χ1) is 14.8. The predicted octanol–water partition coefficient (Wildman–Crippen LogP) is 3.75. The van der Waals surface area contributed by atoms with Crippen molar-refractivity contribution in [2.45, 2.75) is 65.3 Å².